The van der Waals surface area contributed by atoms with Gasteiger partial charge in [0.1, 0.15) is 0 Å². The standard InChI is InChI=1S/C13H12FIN2O/c14-8-7-13(5-6-13)12-16-11(17-18-12)9-1-3-10(15)4-2-9/h1-4H,5-8H2. The van der Waals surface area contributed by atoms with E-state index in [1.165, 1.54) is 0 Å². The lowest BCUT2D eigenvalue weighted by atomic mass is 10.0. The van der Waals surface area contributed by atoms with E-state index < -0.39 is 0 Å². The lowest BCUT2D eigenvalue weighted by Crippen LogP contribution is -2.07. The van der Waals surface area contributed by atoms with Crippen LogP contribution in [0.15, 0.2) is 28.8 Å². The molecule has 2 aromatic rings. The van der Waals surface area contributed by atoms with Crippen LogP contribution in [0.3, 0.4) is 0 Å². The first kappa shape index (κ1) is 12.1. The van der Waals surface area contributed by atoms with Crippen LogP contribution >= 0.6 is 22.6 Å². The molecule has 1 fully saturated rings. The zero-order valence-electron chi connectivity index (χ0n) is 9.70. The van der Waals surface area contributed by atoms with Crippen molar-refractivity contribution in [2.75, 3.05) is 6.67 Å². The minimum absolute atomic E-state index is 0.177. The number of benzene rings is 1. The first-order chi connectivity index (χ1) is 8.73. The van der Waals surface area contributed by atoms with Crippen LogP contribution in [0, 0.1) is 3.57 Å². The topological polar surface area (TPSA) is 38.9 Å². The van der Waals surface area contributed by atoms with Gasteiger partial charge in [0.15, 0.2) is 0 Å². The van der Waals surface area contributed by atoms with Gasteiger partial charge in [-0.1, -0.05) is 17.3 Å². The molecule has 0 atom stereocenters. The minimum Gasteiger partial charge on any atom is -0.338 e. The van der Waals surface area contributed by atoms with Crippen LogP contribution in [0.5, 0.6) is 0 Å². The van der Waals surface area contributed by atoms with E-state index in [-0.39, 0.29) is 12.1 Å². The largest absolute Gasteiger partial charge is 0.338 e. The summed E-state index contributed by atoms with van der Waals surface area (Å²) >= 11 is 2.25. The number of halogens is 2. The van der Waals surface area contributed by atoms with Crippen molar-refractivity contribution in [3.63, 3.8) is 0 Å². The lowest BCUT2D eigenvalue weighted by Gasteiger charge is -2.04. The molecule has 1 aromatic carbocycles. The van der Waals surface area contributed by atoms with Crippen LogP contribution in [0.4, 0.5) is 4.39 Å². The number of alkyl halides is 1. The fourth-order valence-electron chi connectivity index (χ4n) is 2.06. The Hall–Kier alpha value is -0.980. The Morgan fingerprint density at radius 2 is 2.00 bits per heavy atom. The quantitative estimate of drug-likeness (QED) is 0.782. The molecule has 1 aromatic heterocycles. The molecule has 1 aliphatic rings. The minimum atomic E-state index is -0.332. The number of hydrogen-bond acceptors (Lipinski definition) is 3. The summed E-state index contributed by atoms with van der Waals surface area (Å²) < 4.78 is 19.0. The molecule has 1 heterocycles. The van der Waals surface area contributed by atoms with Crippen molar-refractivity contribution in [3.8, 4) is 11.4 Å². The number of rotatable bonds is 4. The summed E-state index contributed by atoms with van der Waals surface area (Å²) in [6.07, 6.45) is 2.39. The second-order valence-corrected chi connectivity index (χ2v) is 5.89. The molecule has 94 valence electrons. The number of aromatic nitrogens is 2. The van der Waals surface area contributed by atoms with Crippen LogP contribution in [0.2, 0.25) is 0 Å². The van der Waals surface area contributed by atoms with Gasteiger partial charge in [-0.25, -0.2) is 0 Å². The molecule has 0 unspecified atom stereocenters. The van der Waals surface area contributed by atoms with E-state index in [1.807, 2.05) is 24.3 Å². The molecule has 0 aliphatic heterocycles. The molecule has 0 radical (unpaired) electrons. The molecule has 18 heavy (non-hydrogen) atoms. The number of nitrogens with zero attached hydrogens (tertiary/aromatic N) is 2. The van der Waals surface area contributed by atoms with Gasteiger partial charge in [-0.15, -0.1) is 0 Å². The summed E-state index contributed by atoms with van der Waals surface area (Å²) in [4.78, 5) is 4.42. The maximum Gasteiger partial charge on any atom is 0.233 e. The summed E-state index contributed by atoms with van der Waals surface area (Å²) in [6.45, 7) is -0.332. The van der Waals surface area contributed by atoms with Crippen LogP contribution < -0.4 is 0 Å². The van der Waals surface area contributed by atoms with Gasteiger partial charge in [0.25, 0.3) is 0 Å². The maximum atomic E-state index is 12.5. The van der Waals surface area contributed by atoms with Crippen LogP contribution in [-0.2, 0) is 5.41 Å². The van der Waals surface area contributed by atoms with E-state index >= 15 is 0 Å². The Morgan fingerprint density at radius 3 is 2.61 bits per heavy atom. The van der Waals surface area contributed by atoms with E-state index in [0.29, 0.717) is 18.1 Å². The smallest absolute Gasteiger partial charge is 0.233 e. The Bertz CT molecular complexity index is 548. The molecule has 0 bridgehead atoms. The molecule has 1 aliphatic carbocycles. The molecular weight excluding hydrogens is 346 g/mol. The summed E-state index contributed by atoms with van der Waals surface area (Å²) in [7, 11) is 0. The second kappa shape index (κ2) is 4.60. The van der Waals surface area contributed by atoms with E-state index in [2.05, 4.69) is 32.7 Å². The van der Waals surface area contributed by atoms with E-state index in [0.717, 1.165) is 22.0 Å². The molecule has 3 nitrogen and oxygen atoms in total. The predicted molar refractivity (Wildman–Crippen MR) is 74.0 cm³/mol. The summed E-state index contributed by atoms with van der Waals surface area (Å²) in [5, 5.41) is 3.99. The monoisotopic (exact) mass is 358 g/mol. The van der Waals surface area contributed by atoms with E-state index in [9.17, 15) is 4.39 Å². The Morgan fingerprint density at radius 1 is 1.28 bits per heavy atom. The van der Waals surface area contributed by atoms with Gasteiger partial charge in [-0.05, 0) is 54.0 Å². The lowest BCUT2D eigenvalue weighted by molar-refractivity contribution is 0.320. The summed E-state index contributed by atoms with van der Waals surface area (Å²) in [5.41, 5.74) is 0.755. The van der Waals surface area contributed by atoms with Gasteiger partial charge in [0.2, 0.25) is 11.7 Å². The van der Waals surface area contributed by atoms with Crippen molar-refractivity contribution in [2.45, 2.75) is 24.7 Å². The molecule has 1 saturated carbocycles. The fourth-order valence-corrected chi connectivity index (χ4v) is 2.42. The van der Waals surface area contributed by atoms with Crippen molar-refractivity contribution >= 4 is 22.6 Å². The SMILES string of the molecule is FCCC1(c2nc(-c3ccc(I)cc3)no2)CC1. The van der Waals surface area contributed by atoms with Gasteiger partial charge in [0, 0.05) is 9.13 Å². The second-order valence-electron chi connectivity index (χ2n) is 4.65. The highest BCUT2D eigenvalue weighted by atomic mass is 127. The Kier molecular flexibility index (Phi) is 3.09. The molecular formula is C13H12FIN2O. The van der Waals surface area contributed by atoms with Gasteiger partial charge in [-0.3, -0.25) is 4.39 Å². The van der Waals surface area contributed by atoms with Gasteiger partial charge >= 0.3 is 0 Å². The molecule has 0 saturated heterocycles. The molecule has 5 heteroatoms. The van der Waals surface area contributed by atoms with E-state index in [1.54, 1.807) is 0 Å². The third-order valence-corrected chi connectivity index (χ3v) is 4.13. The predicted octanol–water partition coefficient (Wildman–Crippen LogP) is 3.73. The Labute approximate surface area is 118 Å². The summed E-state index contributed by atoms with van der Waals surface area (Å²) in [6, 6.07) is 7.93. The van der Waals surface area contributed by atoms with E-state index in [4.69, 9.17) is 4.52 Å². The zero-order valence-corrected chi connectivity index (χ0v) is 11.9. The van der Waals surface area contributed by atoms with Gasteiger partial charge in [-0.2, -0.15) is 4.98 Å². The van der Waals surface area contributed by atoms with Crippen molar-refractivity contribution in [2.24, 2.45) is 0 Å². The normalized spacial score (nSPS) is 16.8. The van der Waals surface area contributed by atoms with Crippen LogP contribution in [0.1, 0.15) is 25.2 Å². The third kappa shape index (κ3) is 2.15. The van der Waals surface area contributed by atoms with Crippen LogP contribution in [-0.4, -0.2) is 16.8 Å². The van der Waals surface area contributed by atoms with Crippen LogP contribution in [0.25, 0.3) is 11.4 Å². The highest BCUT2D eigenvalue weighted by Crippen LogP contribution is 2.50. The fraction of sp³-hybridized carbons (Fsp3) is 0.385. The first-order valence-corrected chi connectivity index (χ1v) is 6.97. The zero-order chi connectivity index (χ0) is 12.6. The molecule has 0 amide bonds. The molecule has 3 rings (SSSR count). The van der Waals surface area contributed by atoms with Crippen molar-refractivity contribution < 1.29 is 8.91 Å². The highest BCUT2D eigenvalue weighted by Gasteiger charge is 2.48. The van der Waals surface area contributed by atoms with Gasteiger partial charge in [0.05, 0.1) is 12.1 Å². The first-order valence-electron chi connectivity index (χ1n) is 5.90. The summed E-state index contributed by atoms with van der Waals surface area (Å²) in [5.74, 6) is 1.18. The maximum absolute atomic E-state index is 12.5. The average molecular weight is 358 g/mol. The Balaban J connectivity index is 1.88. The highest BCUT2D eigenvalue weighted by molar-refractivity contribution is 14.1. The molecule has 0 N–H and O–H groups in total. The van der Waals surface area contributed by atoms with Crippen molar-refractivity contribution in [1.82, 2.24) is 10.1 Å². The van der Waals surface area contributed by atoms with Crippen molar-refractivity contribution in [3.05, 3.63) is 33.7 Å². The third-order valence-electron chi connectivity index (χ3n) is 3.41. The molecule has 0 spiro atoms. The number of hydrogen-bond donors (Lipinski definition) is 0. The van der Waals surface area contributed by atoms with Crippen molar-refractivity contribution in [1.29, 1.82) is 0 Å². The average Bonchev–Trinajstić information content (AvgIpc) is 2.99. The van der Waals surface area contributed by atoms with Gasteiger partial charge < -0.3 is 4.52 Å².